The Kier molecular flexibility index (Phi) is 5.51. The van der Waals surface area contributed by atoms with Gasteiger partial charge in [0, 0.05) is 10.6 Å². The molecule has 0 aromatic heterocycles. The summed E-state index contributed by atoms with van der Waals surface area (Å²) in [6.45, 7) is 2.08. The molecule has 0 aliphatic heterocycles. The van der Waals surface area contributed by atoms with E-state index in [4.69, 9.17) is 21.1 Å². The largest absolute Gasteiger partial charge is 0.496 e. The molecule has 0 unspecified atom stereocenters. The summed E-state index contributed by atoms with van der Waals surface area (Å²) >= 11 is 9.39. The Bertz CT molecular complexity index is 629. The molecule has 0 radical (unpaired) electrons. The van der Waals surface area contributed by atoms with E-state index in [1.807, 2.05) is 18.2 Å². The standard InChI is InChI=1S/C16H16BrClO3/c1-10(19)13-8-12(18)4-6-15(13)21-9-11-3-5-16(20-2)14(17)7-11/h3-8,10,19H,9H2,1-2H3/t10-/m0/s1. The number of aliphatic hydroxyl groups excluding tert-OH is 1. The van der Waals surface area contributed by atoms with E-state index in [9.17, 15) is 5.11 Å². The molecule has 3 nitrogen and oxygen atoms in total. The minimum absolute atomic E-state index is 0.393. The predicted octanol–water partition coefficient (Wildman–Crippen LogP) is 4.74. The van der Waals surface area contributed by atoms with E-state index < -0.39 is 6.10 Å². The average molecular weight is 372 g/mol. The number of rotatable bonds is 5. The first-order valence-electron chi connectivity index (χ1n) is 6.44. The van der Waals surface area contributed by atoms with Crippen molar-refractivity contribution < 1.29 is 14.6 Å². The second kappa shape index (κ2) is 7.16. The van der Waals surface area contributed by atoms with Crippen LogP contribution in [0.3, 0.4) is 0 Å². The van der Waals surface area contributed by atoms with Gasteiger partial charge in [-0.1, -0.05) is 17.7 Å². The van der Waals surface area contributed by atoms with E-state index in [2.05, 4.69) is 15.9 Å². The summed E-state index contributed by atoms with van der Waals surface area (Å²) in [6.07, 6.45) is -0.638. The van der Waals surface area contributed by atoms with Crippen molar-refractivity contribution in [2.75, 3.05) is 7.11 Å². The molecule has 0 aliphatic rings. The molecule has 0 spiro atoms. The number of ether oxygens (including phenoxy) is 2. The first-order chi connectivity index (χ1) is 10.0. The molecule has 21 heavy (non-hydrogen) atoms. The highest BCUT2D eigenvalue weighted by atomic mass is 79.9. The van der Waals surface area contributed by atoms with Crippen LogP contribution in [0.1, 0.15) is 24.2 Å². The molecule has 0 amide bonds. The lowest BCUT2D eigenvalue weighted by molar-refractivity contribution is 0.190. The van der Waals surface area contributed by atoms with Crippen molar-refractivity contribution in [3.8, 4) is 11.5 Å². The van der Waals surface area contributed by atoms with Gasteiger partial charge in [0.2, 0.25) is 0 Å². The van der Waals surface area contributed by atoms with Gasteiger partial charge in [0.15, 0.2) is 0 Å². The Morgan fingerprint density at radius 1 is 1.19 bits per heavy atom. The molecule has 0 saturated carbocycles. The quantitative estimate of drug-likeness (QED) is 0.825. The molecule has 0 fully saturated rings. The van der Waals surface area contributed by atoms with Crippen LogP contribution in [0, 0.1) is 0 Å². The van der Waals surface area contributed by atoms with Crippen molar-refractivity contribution in [3.05, 3.63) is 57.0 Å². The highest BCUT2D eigenvalue weighted by Gasteiger charge is 2.10. The molecular formula is C16H16BrClO3. The normalized spacial score (nSPS) is 12.0. The van der Waals surface area contributed by atoms with Gasteiger partial charge in [0.1, 0.15) is 18.1 Å². The third-order valence-corrected chi connectivity index (χ3v) is 3.89. The smallest absolute Gasteiger partial charge is 0.133 e. The van der Waals surface area contributed by atoms with Gasteiger partial charge in [-0.15, -0.1) is 0 Å². The second-order valence-corrected chi connectivity index (χ2v) is 5.91. The summed E-state index contributed by atoms with van der Waals surface area (Å²) in [7, 11) is 1.62. The van der Waals surface area contributed by atoms with Gasteiger partial charge in [-0.05, 0) is 58.7 Å². The van der Waals surface area contributed by atoms with Crippen molar-refractivity contribution in [2.24, 2.45) is 0 Å². The minimum atomic E-state index is -0.638. The maximum Gasteiger partial charge on any atom is 0.133 e. The summed E-state index contributed by atoms with van der Waals surface area (Å²) in [5.41, 5.74) is 1.67. The Labute approximate surface area is 137 Å². The van der Waals surface area contributed by atoms with Gasteiger partial charge in [-0.2, -0.15) is 0 Å². The monoisotopic (exact) mass is 370 g/mol. The van der Waals surface area contributed by atoms with Gasteiger partial charge < -0.3 is 14.6 Å². The zero-order valence-corrected chi connectivity index (χ0v) is 14.1. The molecule has 2 aromatic rings. The Morgan fingerprint density at radius 3 is 2.52 bits per heavy atom. The van der Waals surface area contributed by atoms with Crippen LogP contribution in [-0.4, -0.2) is 12.2 Å². The van der Waals surface area contributed by atoms with Gasteiger partial charge in [-0.25, -0.2) is 0 Å². The summed E-state index contributed by atoms with van der Waals surface area (Å²) in [5, 5.41) is 10.4. The third-order valence-electron chi connectivity index (χ3n) is 3.03. The molecular weight excluding hydrogens is 356 g/mol. The van der Waals surface area contributed by atoms with Crippen LogP contribution in [0.25, 0.3) is 0 Å². The van der Waals surface area contributed by atoms with Crippen LogP contribution in [0.5, 0.6) is 11.5 Å². The summed E-state index contributed by atoms with van der Waals surface area (Å²) < 4.78 is 11.9. The lowest BCUT2D eigenvalue weighted by Crippen LogP contribution is -2.01. The molecule has 0 aliphatic carbocycles. The number of hydrogen-bond acceptors (Lipinski definition) is 3. The topological polar surface area (TPSA) is 38.7 Å². The average Bonchev–Trinajstić information content (AvgIpc) is 2.46. The fourth-order valence-electron chi connectivity index (χ4n) is 1.94. The fraction of sp³-hybridized carbons (Fsp3) is 0.250. The van der Waals surface area contributed by atoms with E-state index in [0.29, 0.717) is 22.9 Å². The van der Waals surface area contributed by atoms with Crippen LogP contribution >= 0.6 is 27.5 Å². The molecule has 0 saturated heterocycles. The summed E-state index contributed by atoms with van der Waals surface area (Å²) in [5.74, 6) is 1.40. The van der Waals surface area contributed by atoms with E-state index in [0.717, 1.165) is 15.8 Å². The summed E-state index contributed by atoms with van der Waals surface area (Å²) in [6, 6.07) is 11.0. The van der Waals surface area contributed by atoms with Gasteiger partial charge in [0.25, 0.3) is 0 Å². The van der Waals surface area contributed by atoms with Gasteiger partial charge in [-0.3, -0.25) is 0 Å². The SMILES string of the molecule is COc1ccc(COc2ccc(Cl)cc2[C@H](C)O)cc1Br. The van der Waals surface area contributed by atoms with Crippen LogP contribution in [0.4, 0.5) is 0 Å². The Morgan fingerprint density at radius 2 is 1.90 bits per heavy atom. The van der Waals surface area contributed by atoms with Crippen molar-refractivity contribution >= 4 is 27.5 Å². The number of aliphatic hydroxyl groups is 1. The molecule has 2 rings (SSSR count). The van der Waals surface area contributed by atoms with E-state index in [1.54, 1.807) is 32.2 Å². The third kappa shape index (κ3) is 4.13. The first kappa shape index (κ1) is 16.1. The van der Waals surface area contributed by atoms with Gasteiger partial charge >= 0.3 is 0 Å². The number of methoxy groups -OCH3 is 1. The highest BCUT2D eigenvalue weighted by Crippen LogP contribution is 2.30. The van der Waals surface area contributed by atoms with Crippen LogP contribution in [0.15, 0.2) is 40.9 Å². The van der Waals surface area contributed by atoms with Crippen molar-refractivity contribution in [1.82, 2.24) is 0 Å². The van der Waals surface area contributed by atoms with E-state index in [-0.39, 0.29) is 0 Å². The minimum Gasteiger partial charge on any atom is -0.496 e. The van der Waals surface area contributed by atoms with Gasteiger partial charge in [0.05, 0.1) is 17.7 Å². The van der Waals surface area contributed by atoms with E-state index >= 15 is 0 Å². The lowest BCUT2D eigenvalue weighted by atomic mass is 10.1. The maximum absolute atomic E-state index is 9.78. The molecule has 2 aromatic carbocycles. The van der Waals surface area contributed by atoms with Crippen molar-refractivity contribution in [1.29, 1.82) is 0 Å². The molecule has 1 atom stereocenters. The van der Waals surface area contributed by atoms with Crippen molar-refractivity contribution in [2.45, 2.75) is 19.6 Å². The molecule has 5 heteroatoms. The highest BCUT2D eigenvalue weighted by molar-refractivity contribution is 9.10. The van der Waals surface area contributed by atoms with E-state index in [1.165, 1.54) is 0 Å². The first-order valence-corrected chi connectivity index (χ1v) is 7.61. The number of hydrogen-bond donors (Lipinski definition) is 1. The van der Waals surface area contributed by atoms with Crippen molar-refractivity contribution in [3.63, 3.8) is 0 Å². The zero-order valence-electron chi connectivity index (χ0n) is 11.8. The van der Waals surface area contributed by atoms with Crippen LogP contribution in [-0.2, 0) is 6.61 Å². The Balaban J connectivity index is 2.15. The second-order valence-electron chi connectivity index (χ2n) is 4.62. The molecule has 112 valence electrons. The molecule has 1 N–H and O–H groups in total. The van der Waals surface area contributed by atoms with Crippen LogP contribution in [0.2, 0.25) is 5.02 Å². The predicted molar refractivity (Wildman–Crippen MR) is 87.1 cm³/mol. The maximum atomic E-state index is 9.78. The number of halogens is 2. The summed E-state index contributed by atoms with van der Waals surface area (Å²) in [4.78, 5) is 0. The molecule has 0 heterocycles. The van der Waals surface area contributed by atoms with Crippen LogP contribution < -0.4 is 9.47 Å². The lowest BCUT2D eigenvalue weighted by Gasteiger charge is -2.14. The number of benzene rings is 2. The fourth-order valence-corrected chi connectivity index (χ4v) is 2.71. The molecule has 0 bridgehead atoms. The zero-order chi connectivity index (χ0) is 15.4. The Hall–Kier alpha value is -1.23.